The van der Waals surface area contributed by atoms with Gasteiger partial charge in [-0.1, -0.05) is 30.3 Å². The minimum atomic E-state index is -1.47. The Hall–Kier alpha value is -1.39. The van der Waals surface area contributed by atoms with Crippen molar-refractivity contribution in [3.63, 3.8) is 0 Å². The molecule has 1 unspecified atom stereocenters. The molecule has 1 aromatic carbocycles. The first-order valence-corrected chi connectivity index (χ1v) is 6.65. The smallest absolute Gasteiger partial charge is 0.259 e. The van der Waals surface area contributed by atoms with E-state index in [-0.39, 0.29) is 11.9 Å². The molecule has 4 heteroatoms. The molecule has 4 nitrogen and oxygen atoms in total. The van der Waals surface area contributed by atoms with Crippen LogP contribution >= 0.6 is 0 Å². The first kappa shape index (κ1) is 14.0. The van der Waals surface area contributed by atoms with E-state index >= 15 is 0 Å². The van der Waals surface area contributed by atoms with Crippen LogP contribution in [0.3, 0.4) is 0 Å². The first-order chi connectivity index (χ1) is 9.07. The van der Waals surface area contributed by atoms with Gasteiger partial charge < -0.3 is 14.7 Å². The first-order valence-electron chi connectivity index (χ1n) is 6.65. The van der Waals surface area contributed by atoms with Crippen LogP contribution in [0.25, 0.3) is 0 Å². The molecule has 1 aromatic rings. The monoisotopic (exact) mass is 263 g/mol. The topological polar surface area (TPSA) is 49.8 Å². The summed E-state index contributed by atoms with van der Waals surface area (Å²) in [7, 11) is 1.64. The number of ether oxygens (including phenoxy) is 1. The summed E-state index contributed by atoms with van der Waals surface area (Å²) in [6.07, 6.45) is 1.90. The quantitative estimate of drug-likeness (QED) is 0.896. The number of likely N-dealkylation sites (tertiary alicyclic amines) is 1. The molecule has 1 amide bonds. The van der Waals surface area contributed by atoms with E-state index in [4.69, 9.17) is 4.74 Å². The Bertz CT molecular complexity index is 430. The van der Waals surface area contributed by atoms with Crippen LogP contribution in [0.5, 0.6) is 0 Å². The van der Waals surface area contributed by atoms with Crippen LogP contribution in [0.2, 0.25) is 0 Å². The van der Waals surface area contributed by atoms with Crippen LogP contribution in [-0.4, -0.2) is 42.2 Å². The number of methoxy groups -OCH3 is 1. The summed E-state index contributed by atoms with van der Waals surface area (Å²) in [4.78, 5) is 14.3. The summed E-state index contributed by atoms with van der Waals surface area (Å²) in [6.45, 7) is 2.78. The average molecular weight is 263 g/mol. The van der Waals surface area contributed by atoms with E-state index in [1.165, 1.54) is 0 Å². The van der Waals surface area contributed by atoms with Crippen LogP contribution in [0.4, 0.5) is 0 Å². The fourth-order valence-electron chi connectivity index (χ4n) is 2.63. The van der Waals surface area contributed by atoms with Crippen molar-refractivity contribution >= 4 is 5.91 Å². The third kappa shape index (κ3) is 2.80. The normalized spacial score (nSPS) is 22.3. The number of aliphatic hydroxyl groups is 1. The summed E-state index contributed by atoms with van der Waals surface area (Å²) in [5.41, 5.74) is -0.847. The molecule has 1 heterocycles. The van der Waals surface area contributed by atoms with Gasteiger partial charge in [-0.05, 0) is 25.3 Å². The van der Waals surface area contributed by atoms with Gasteiger partial charge in [-0.2, -0.15) is 0 Å². The number of carbonyl (C=O) groups is 1. The van der Waals surface area contributed by atoms with Gasteiger partial charge in [0.05, 0.1) is 12.6 Å². The average Bonchev–Trinajstić information content (AvgIpc) is 2.87. The van der Waals surface area contributed by atoms with Crippen molar-refractivity contribution in [3.05, 3.63) is 35.9 Å². The molecular formula is C15H21NO3. The molecule has 1 aliphatic rings. The number of hydrogen-bond donors (Lipinski definition) is 1. The lowest BCUT2D eigenvalue weighted by atomic mass is 9.94. The van der Waals surface area contributed by atoms with E-state index in [1.807, 2.05) is 18.2 Å². The van der Waals surface area contributed by atoms with E-state index in [9.17, 15) is 9.90 Å². The van der Waals surface area contributed by atoms with Crippen LogP contribution in [0.15, 0.2) is 30.3 Å². The van der Waals surface area contributed by atoms with E-state index in [0.717, 1.165) is 12.8 Å². The lowest BCUT2D eigenvalue weighted by Crippen LogP contribution is -2.48. The van der Waals surface area contributed by atoms with Gasteiger partial charge in [-0.15, -0.1) is 0 Å². The number of amides is 1. The number of benzene rings is 1. The maximum atomic E-state index is 12.6. The lowest BCUT2D eigenvalue weighted by Gasteiger charge is -2.32. The second-order valence-corrected chi connectivity index (χ2v) is 5.19. The molecule has 0 saturated carbocycles. The maximum Gasteiger partial charge on any atom is 0.259 e. The third-order valence-electron chi connectivity index (χ3n) is 3.75. The Morgan fingerprint density at radius 2 is 2.16 bits per heavy atom. The Morgan fingerprint density at radius 3 is 2.79 bits per heavy atom. The summed E-state index contributed by atoms with van der Waals surface area (Å²) in [6, 6.07) is 9.15. The molecular weight excluding hydrogens is 242 g/mol. The van der Waals surface area contributed by atoms with Gasteiger partial charge in [0.25, 0.3) is 5.91 Å². The Labute approximate surface area is 114 Å². The zero-order valence-corrected chi connectivity index (χ0v) is 11.5. The molecule has 0 spiro atoms. The summed E-state index contributed by atoms with van der Waals surface area (Å²) < 4.78 is 5.15. The minimum absolute atomic E-state index is 0.0766. The lowest BCUT2D eigenvalue weighted by molar-refractivity contribution is -0.152. The van der Waals surface area contributed by atoms with Gasteiger partial charge >= 0.3 is 0 Å². The molecule has 0 bridgehead atoms. The van der Waals surface area contributed by atoms with Gasteiger partial charge in [-0.3, -0.25) is 4.79 Å². The maximum absolute atomic E-state index is 12.6. The highest BCUT2D eigenvalue weighted by Crippen LogP contribution is 2.27. The number of nitrogens with zero attached hydrogens (tertiary/aromatic N) is 1. The van der Waals surface area contributed by atoms with Crippen LogP contribution in [0.1, 0.15) is 25.3 Å². The van der Waals surface area contributed by atoms with Gasteiger partial charge in [-0.25, -0.2) is 0 Å². The van der Waals surface area contributed by atoms with Crippen molar-refractivity contribution in [1.29, 1.82) is 0 Å². The molecule has 1 aliphatic heterocycles. The van der Waals surface area contributed by atoms with E-state index in [2.05, 4.69) is 0 Å². The van der Waals surface area contributed by atoms with Gasteiger partial charge in [0.1, 0.15) is 0 Å². The van der Waals surface area contributed by atoms with E-state index in [0.29, 0.717) is 18.7 Å². The standard InChI is InChI=1S/C15H21NO3/c1-15(18,12-7-4-3-5-8-12)14(17)16-10-6-9-13(16)11-19-2/h3-5,7-8,13,18H,6,9-11H2,1-2H3/t13?,15-/m0/s1. The molecule has 0 aromatic heterocycles. The second-order valence-electron chi connectivity index (χ2n) is 5.19. The molecule has 1 fully saturated rings. The van der Waals surface area contributed by atoms with Crippen LogP contribution in [0, 0.1) is 0 Å². The van der Waals surface area contributed by atoms with Gasteiger partial charge in [0.2, 0.25) is 0 Å². The van der Waals surface area contributed by atoms with Crippen molar-refractivity contribution in [3.8, 4) is 0 Å². The Kier molecular flexibility index (Phi) is 4.22. The molecule has 1 N–H and O–H groups in total. The number of carbonyl (C=O) groups excluding carboxylic acids is 1. The van der Waals surface area contributed by atoms with Crippen LogP contribution in [-0.2, 0) is 15.1 Å². The molecule has 1 saturated heterocycles. The molecule has 0 radical (unpaired) electrons. The summed E-state index contributed by atoms with van der Waals surface area (Å²) in [5, 5.41) is 10.6. The Balaban J connectivity index is 2.18. The summed E-state index contributed by atoms with van der Waals surface area (Å²) >= 11 is 0. The largest absolute Gasteiger partial charge is 0.383 e. The fraction of sp³-hybridized carbons (Fsp3) is 0.533. The van der Waals surface area contributed by atoms with E-state index in [1.54, 1.807) is 31.1 Å². The highest BCUT2D eigenvalue weighted by Gasteiger charge is 2.40. The SMILES string of the molecule is COCC1CCCN1C(=O)[C@@](C)(O)c1ccccc1. The zero-order chi connectivity index (χ0) is 13.9. The molecule has 0 aliphatic carbocycles. The second kappa shape index (κ2) is 5.72. The predicted molar refractivity (Wildman–Crippen MR) is 72.6 cm³/mol. The van der Waals surface area contributed by atoms with Crippen molar-refractivity contribution in [2.45, 2.75) is 31.4 Å². The third-order valence-corrected chi connectivity index (χ3v) is 3.75. The van der Waals surface area contributed by atoms with E-state index < -0.39 is 5.60 Å². The Morgan fingerprint density at radius 1 is 1.47 bits per heavy atom. The highest BCUT2D eigenvalue weighted by molar-refractivity contribution is 5.86. The van der Waals surface area contributed by atoms with Crippen molar-refractivity contribution in [2.75, 3.05) is 20.3 Å². The molecule has 104 valence electrons. The van der Waals surface area contributed by atoms with Gasteiger partial charge in [0.15, 0.2) is 5.60 Å². The van der Waals surface area contributed by atoms with Crippen molar-refractivity contribution in [2.24, 2.45) is 0 Å². The highest BCUT2D eigenvalue weighted by atomic mass is 16.5. The predicted octanol–water partition coefficient (Wildman–Crippen LogP) is 1.53. The molecule has 2 atom stereocenters. The van der Waals surface area contributed by atoms with Crippen molar-refractivity contribution in [1.82, 2.24) is 4.90 Å². The van der Waals surface area contributed by atoms with Gasteiger partial charge in [0, 0.05) is 13.7 Å². The summed E-state index contributed by atoms with van der Waals surface area (Å²) in [5.74, 6) is -0.238. The molecule has 19 heavy (non-hydrogen) atoms. The minimum Gasteiger partial charge on any atom is -0.383 e. The fourth-order valence-corrected chi connectivity index (χ4v) is 2.63. The number of hydrogen-bond acceptors (Lipinski definition) is 3. The molecule has 2 rings (SSSR count). The zero-order valence-electron chi connectivity index (χ0n) is 11.5. The number of rotatable bonds is 4. The van der Waals surface area contributed by atoms with Crippen molar-refractivity contribution < 1.29 is 14.6 Å². The van der Waals surface area contributed by atoms with Crippen LogP contribution < -0.4 is 0 Å².